The maximum Gasteiger partial charge on any atom is 0.0675 e. The standard InChI is InChI=1S/C15H18N2/c16-10-14(13-6-7-13)15-8-9-17(15)11-12-4-2-1-3-5-12/h1-5,13-15H,6-9,11H2. The van der Waals surface area contributed by atoms with Gasteiger partial charge in [-0.15, -0.1) is 0 Å². The van der Waals surface area contributed by atoms with Gasteiger partial charge in [-0.25, -0.2) is 0 Å². The van der Waals surface area contributed by atoms with Crippen molar-refractivity contribution >= 4 is 0 Å². The van der Waals surface area contributed by atoms with E-state index in [1.807, 2.05) is 0 Å². The molecule has 2 aliphatic rings. The van der Waals surface area contributed by atoms with Gasteiger partial charge in [0, 0.05) is 19.1 Å². The molecule has 1 aromatic rings. The topological polar surface area (TPSA) is 27.0 Å². The minimum absolute atomic E-state index is 0.285. The van der Waals surface area contributed by atoms with E-state index in [4.69, 9.17) is 0 Å². The molecule has 0 amide bonds. The number of benzene rings is 1. The maximum atomic E-state index is 9.28. The smallest absolute Gasteiger partial charge is 0.0675 e. The Balaban J connectivity index is 1.63. The highest BCUT2D eigenvalue weighted by Gasteiger charge is 2.42. The zero-order valence-corrected chi connectivity index (χ0v) is 10.0. The number of hydrogen-bond acceptors (Lipinski definition) is 2. The lowest BCUT2D eigenvalue weighted by Gasteiger charge is -2.43. The van der Waals surface area contributed by atoms with Crippen LogP contribution in [0.25, 0.3) is 0 Å². The highest BCUT2D eigenvalue weighted by molar-refractivity contribution is 5.16. The quantitative estimate of drug-likeness (QED) is 0.789. The molecule has 0 radical (unpaired) electrons. The summed E-state index contributed by atoms with van der Waals surface area (Å²) < 4.78 is 0. The third-order valence-electron chi connectivity index (χ3n) is 4.10. The van der Waals surface area contributed by atoms with Crippen LogP contribution in [0.5, 0.6) is 0 Å². The molecule has 1 aromatic carbocycles. The summed E-state index contributed by atoms with van der Waals surface area (Å²) in [6.07, 6.45) is 3.75. The van der Waals surface area contributed by atoms with E-state index in [1.165, 1.54) is 24.8 Å². The highest BCUT2D eigenvalue weighted by Crippen LogP contribution is 2.42. The predicted octanol–water partition coefficient (Wildman–Crippen LogP) is 2.81. The normalized spacial score (nSPS) is 25.9. The third kappa shape index (κ3) is 2.21. The van der Waals surface area contributed by atoms with E-state index >= 15 is 0 Å². The molecule has 1 aliphatic carbocycles. The van der Waals surface area contributed by atoms with Gasteiger partial charge in [0.1, 0.15) is 0 Å². The molecule has 0 bridgehead atoms. The molecule has 3 rings (SSSR count). The summed E-state index contributed by atoms with van der Waals surface area (Å²) >= 11 is 0. The van der Waals surface area contributed by atoms with Crippen LogP contribution in [0, 0.1) is 23.2 Å². The first-order chi connectivity index (χ1) is 8.38. The first-order valence-corrected chi connectivity index (χ1v) is 6.56. The zero-order chi connectivity index (χ0) is 11.7. The van der Waals surface area contributed by atoms with Crippen LogP contribution in [-0.2, 0) is 6.54 Å². The molecule has 2 nitrogen and oxygen atoms in total. The van der Waals surface area contributed by atoms with E-state index in [-0.39, 0.29) is 5.92 Å². The van der Waals surface area contributed by atoms with Crippen LogP contribution in [0.3, 0.4) is 0 Å². The molecule has 1 saturated carbocycles. The van der Waals surface area contributed by atoms with E-state index in [0.717, 1.165) is 13.1 Å². The van der Waals surface area contributed by atoms with Gasteiger partial charge in [0.2, 0.25) is 0 Å². The minimum Gasteiger partial charge on any atom is -0.295 e. The molecular weight excluding hydrogens is 208 g/mol. The van der Waals surface area contributed by atoms with Gasteiger partial charge in [-0.05, 0) is 30.7 Å². The zero-order valence-electron chi connectivity index (χ0n) is 10.0. The maximum absolute atomic E-state index is 9.28. The van der Waals surface area contributed by atoms with Crippen molar-refractivity contribution in [2.75, 3.05) is 6.54 Å². The summed E-state index contributed by atoms with van der Waals surface area (Å²) in [5.41, 5.74) is 1.37. The Labute approximate surface area is 103 Å². The molecule has 1 heterocycles. The fraction of sp³-hybridized carbons (Fsp3) is 0.533. The number of nitriles is 1. The van der Waals surface area contributed by atoms with Crippen molar-refractivity contribution < 1.29 is 0 Å². The average Bonchev–Trinajstić information content (AvgIpc) is 3.17. The first-order valence-electron chi connectivity index (χ1n) is 6.56. The lowest BCUT2D eigenvalue weighted by molar-refractivity contribution is 0.0471. The molecule has 0 spiro atoms. The first kappa shape index (κ1) is 10.8. The number of nitrogens with zero attached hydrogens (tertiary/aromatic N) is 2. The monoisotopic (exact) mass is 226 g/mol. The van der Waals surface area contributed by atoms with Crippen LogP contribution in [0.2, 0.25) is 0 Å². The molecule has 0 N–H and O–H groups in total. The molecule has 0 aromatic heterocycles. The van der Waals surface area contributed by atoms with Gasteiger partial charge in [0.05, 0.1) is 12.0 Å². The molecule has 2 fully saturated rings. The number of hydrogen-bond donors (Lipinski definition) is 0. The van der Waals surface area contributed by atoms with E-state index in [2.05, 4.69) is 41.3 Å². The summed E-state index contributed by atoms with van der Waals surface area (Å²) in [5, 5.41) is 9.28. The van der Waals surface area contributed by atoms with Gasteiger partial charge in [-0.3, -0.25) is 4.90 Å². The summed E-state index contributed by atoms with van der Waals surface area (Å²) in [6.45, 7) is 2.17. The van der Waals surface area contributed by atoms with E-state index < -0.39 is 0 Å². The van der Waals surface area contributed by atoms with Gasteiger partial charge in [0.15, 0.2) is 0 Å². The molecule has 2 heteroatoms. The predicted molar refractivity (Wildman–Crippen MR) is 67.1 cm³/mol. The largest absolute Gasteiger partial charge is 0.295 e. The van der Waals surface area contributed by atoms with E-state index in [1.54, 1.807) is 0 Å². The van der Waals surface area contributed by atoms with Crippen LogP contribution in [0.15, 0.2) is 30.3 Å². The SMILES string of the molecule is N#CC(C1CC1)C1CCN1Cc1ccccc1. The second kappa shape index (κ2) is 4.50. The van der Waals surface area contributed by atoms with Gasteiger partial charge in [-0.1, -0.05) is 30.3 Å². The molecule has 88 valence electrons. The van der Waals surface area contributed by atoms with Crippen molar-refractivity contribution in [3.05, 3.63) is 35.9 Å². The second-order valence-electron chi connectivity index (χ2n) is 5.30. The van der Waals surface area contributed by atoms with E-state index in [9.17, 15) is 5.26 Å². The fourth-order valence-electron chi connectivity index (χ4n) is 2.84. The van der Waals surface area contributed by atoms with Crippen LogP contribution in [0.1, 0.15) is 24.8 Å². The van der Waals surface area contributed by atoms with E-state index in [0.29, 0.717) is 12.0 Å². The van der Waals surface area contributed by atoms with Crippen LogP contribution in [-0.4, -0.2) is 17.5 Å². The van der Waals surface area contributed by atoms with Gasteiger partial charge >= 0.3 is 0 Å². The lowest BCUT2D eigenvalue weighted by atomic mass is 9.86. The molecular formula is C15H18N2. The lowest BCUT2D eigenvalue weighted by Crippen LogP contribution is -2.51. The Morgan fingerprint density at radius 2 is 2.00 bits per heavy atom. The Hall–Kier alpha value is -1.33. The van der Waals surface area contributed by atoms with Gasteiger partial charge in [0.25, 0.3) is 0 Å². The molecule has 2 atom stereocenters. The average molecular weight is 226 g/mol. The Kier molecular flexibility index (Phi) is 2.86. The minimum atomic E-state index is 0.285. The van der Waals surface area contributed by atoms with Crippen molar-refractivity contribution in [3.63, 3.8) is 0 Å². The number of likely N-dealkylation sites (tertiary alicyclic amines) is 1. The summed E-state index contributed by atoms with van der Waals surface area (Å²) in [6, 6.07) is 13.6. The van der Waals surface area contributed by atoms with Crippen molar-refractivity contribution in [1.82, 2.24) is 4.90 Å². The second-order valence-corrected chi connectivity index (χ2v) is 5.30. The molecule has 17 heavy (non-hydrogen) atoms. The Bertz CT molecular complexity index is 416. The van der Waals surface area contributed by atoms with Crippen molar-refractivity contribution in [2.24, 2.45) is 11.8 Å². The Morgan fingerprint density at radius 1 is 1.24 bits per heavy atom. The van der Waals surface area contributed by atoms with Crippen molar-refractivity contribution in [2.45, 2.75) is 31.8 Å². The Morgan fingerprint density at radius 3 is 2.53 bits per heavy atom. The van der Waals surface area contributed by atoms with Crippen molar-refractivity contribution in [3.8, 4) is 6.07 Å². The molecule has 2 unspecified atom stereocenters. The van der Waals surface area contributed by atoms with Gasteiger partial charge < -0.3 is 0 Å². The molecule has 1 aliphatic heterocycles. The van der Waals surface area contributed by atoms with Crippen LogP contribution >= 0.6 is 0 Å². The highest BCUT2D eigenvalue weighted by atomic mass is 15.2. The molecule has 1 saturated heterocycles. The van der Waals surface area contributed by atoms with Crippen LogP contribution < -0.4 is 0 Å². The fourth-order valence-corrected chi connectivity index (χ4v) is 2.84. The summed E-state index contributed by atoms with van der Waals surface area (Å²) in [7, 11) is 0. The van der Waals surface area contributed by atoms with Crippen LogP contribution in [0.4, 0.5) is 0 Å². The van der Waals surface area contributed by atoms with Crippen molar-refractivity contribution in [1.29, 1.82) is 5.26 Å². The summed E-state index contributed by atoms with van der Waals surface area (Å²) in [4.78, 5) is 2.47. The number of rotatable bonds is 4. The summed E-state index contributed by atoms with van der Waals surface area (Å²) in [5.74, 6) is 0.982. The van der Waals surface area contributed by atoms with Gasteiger partial charge in [-0.2, -0.15) is 5.26 Å². The third-order valence-corrected chi connectivity index (χ3v) is 4.10.